The molecule has 0 radical (unpaired) electrons. The molecule has 0 aromatic heterocycles. The Labute approximate surface area is 291 Å². The summed E-state index contributed by atoms with van der Waals surface area (Å²) in [5, 5.41) is 0. The predicted octanol–water partition coefficient (Wildman–Crippen LogP) is 6.03. The number of thioether (sulfide) groups is 1. The number of ketones is 1. The maximum Gasteiger partial charge on any atom is 0.338 e. The fourth-order valence-corrected chi connectivity index (χ4v) is 6.58. The Morgan fingerprint density at radius 1 is 0.830 bits per heavy atom. The standard InChI is InChI=1S/C35H37IO10S/c1-4-47-35-32(46-34(40)25-13-9-6-10-14-25)31(42-20-23-16-17-27(41-3)26(36)19-23)30(45-29(38)18-15-22(2)37)28(44-35)21-43-33(39)24-11-7-5-8-12-24/h5-14,16-17,19,28,30-32,35H,4,15,18,20-21H2,1-3H3/t28-,30+,31+,32-,35+/m1/s1. The number of esters is 3. The van der Waals surface area contributed by atoms with Gasteiger partial charge in [0.05, 0.1) is 34.8 Å². The van der Waals surface area contributed by atoms with Crippen molar-refractivity contribution >= 4 is 58.0 Å². The zero-order valence-electron chi connectivity index (χ0n) is 26.3. The largest absolute Gasteiger partial charge is 0.496 e. The van der Waals surface area contributed by atoms with Crippen LogP contribution in [0.15, 0.2) is 78.9 Å². The predicted molar refractivity (Wildman–Crippen MR) is 183 cm³/mol. The Kier molecular flexibility index (Phi) is 14.1. The Bertz CT molecular complexity index is 1500. The van der Waals surface area contributed by atoms with E-state index in [1.165, 1.54) is 18.7 Å². The van der Waals surface area contributed by atoms with Crippen molar-refractivity contribution in [3.63, 3.8) is 0 Å². The first-order valence-electron chi connectivity index (χ1n) is 15.1. The van der Waals surface area contributed by atoms with Crippen LogP contribution in [-0.2, 0) is 39.9 Å². The number of rotatable bonds is 15. The lowest BCUT2D eigenvalue weighted by Crippen LogP contribution is -2.61. The van der Waals surface area contributed by atoms with E-state index in [1.807, 2.05) is 25.1 Å². The first-order valence-corrected chi connectivity index (χ1v) is 17.2. The number of Topliss-reactive ketones (excluding diaryl/α,β-unsaturated/α-hetero) is 1. The SMILES string of the molecule is CCS[C@@H]1O[C@H](COC(=O)c2ccccc2)[C@H](OC(=O)CCC(C)=O)[C@H](OCc2ccc(OC)c(I)c2)[C@H]1OC(=O)c1ccccc1. The smallest absolute Gasteiger partial charge is 0.338 e. The van der Waals surface area contributed by atoms with Crippen molar-refractivity contribution in [1.82, 2.24) is 0 Å². The van der Waals surface area contributed by atoms with Gasteiger partial charge in [-0.15, -0.1) is 11.8 Å². The Balaban J connectivity index is 1.69. The topological polar surface area (TPSA) is 124 Å². The van der Waals surface area contributed by atoms with Gasteiger partial charge in [0, 0.05) is 6.42 Å². The lowest BCUT2D eigenvalue weighted by molar-refractivity contribution is -0.234. The maximum atomic E-state index is 13.4. The summed E-state index contributed by atoms with van der Waals surface area (Å²) in [5.41, 5.74) is 0.698. The van der Waals surface area contributed by atoms with Gasteiger partial charge in [-0.1, -0.05) is 49.4 Å². The van der Waals surface area contributed by atoms with Gasteiger partial charge in [-0.3, -0.25) is 4.79 Å². The summed E-state index contributed by atoms with van der Waals surface area (Å²) in [6.45, 7) is 3.10. The van der Waals surface area contributed by atoms with Crippen LogP contribution in [0.4, 0.5) is 0 Å². The average molecular weight is 777 g/mol. The minimum Gasteiger partial charge on any atom is -0.496 e. The van der Waals surface area contributed by atoms with Crippen LogP contribution in [0.2, 0.25) is 0 Å². The first kappa shape index (κ1) is 36.4. The minimum absolute atomic E-state index is 0.0172. The zero-order valence-corrected chi connectivity index (χ0v) is 29.3. The molecule has 3 aromatic carbocycles. The molecule has 0 aliphatic carbocycles. The number of benzene rings is 3. The Morgan fingerprint density at radius 3 is 2.09 bits per heavy atom. The average Bonchev–Trinajstić information content (AvgIpc) is 3.08. The molecular formula is C35H37IO10S. The van der Waals surface area contributed by atoms with Crippen LogP contribution >= 0.6 is 34.4 Å². The highest BCUT2D eigenvalue weighted by atomic mass is 127. The highest BCUT2D eigenvalue weighted by Gasteiger charge is 2.51. The normalized spacial score (nSPS) is 20.6. The fraction of sp³-hybridized carbons (Fsp3) is 0.371. The molecule has 12 heteroatoms. The van der Waals surface area contributed by atoms with Gasteiger partial charge in [-0.05, 0) is 77.2 Å². The summed E-state index contributed by atoms with van der Waals surface area (Å²) in [6, 6.07) is 22.5. The molecule has 250 valence electrons. The van der Waals surface area contributed by atoms with Gasteiger partial charge in [-0.25, -0.2) is 9.59 Å². The van der Waals surface area contributed by atoms with Crippen LogP contribution in [-0.4, -0.2) is 73.0 Å². The van der Waals surface area contributed by atoms with Gasteiger partial charge in [0.25, 0.3) is 0 Å². The van der Waals surface area contributed by atoms with Crippen molar-refractivity contribution < 1.29 is 47.6 Å². The molecule has 0 unspecified atom stereocenters. The minimum atomic E-state index is -1.17. The van der Waals surface area contributed by atoms with Crippen LogP contribution in [0.5, 0.6) is 5.75 Å². The molecule has 1 fully saturated rings. The van der Waals surface area contributed by atoms with Crippen molar-refractivity contribution in [2.45, 2.75) is 63.1 Å². The van der Waals surface area contributed by atoms with E-state index in [-0.39, 0.29) is 31.8 Å². The van der Waals surface area contributed by atoms with Gasteiger partial charge in [0.15, 0.2) is 12.2 Å². The number of halogens is 1. The molecular weight excluding hydrogens is 739 g/mol. The van der Waals surface area contributed by atoms with Gasteiger partial charge in [-0.2, -0.15) is 0 Å². The van der Waals surface area contributed by atoms with E-state index in [4.69, 9.17) is 28.4 Å². The van der Waals surface area contributed by atoms with Crippen molar-refractivity contribution in [3.05, 3.63) is 99.1 Å². The first-order chi connectivity index (χ1) is 22.7. The van der Waals surface area contributed by atoms with Crippen LogP contribution in [0, 0.1) is 3.57 Å². The van der Waals surface area contributed by atoms with Crippen LogP contribution in [0.3, 0.4) is 0 Å². The van der Waals surface area contributed by atoms with E-state index in [9.17, 15) is 19.2 Å². The summed E-state index contributed by atoms with van der Waals surface area (Å²) in [4.78, 5) is 51.0. The lowest BCUT2D eigenvalue weighted by atomic mass is 9.98. The Morgan fingerprint density at radius 2 is 1.49 bits per heavy atom. The monoisotopic (exact) mass is 776 g/mol. The summed E-state index contributed by atoms with van der Waals surface area (Å²) < 4.78 is 36.8. The molecule has 0 saturated carbocycles. The zero-order chi connectivity index (χ0) is 33.8. The molecule has 4 rings (SSSR count). The van der Waals surface area contributed by atoms with E-state index >= 15 is 0 Å². The quantitative estimate of drug-likeness (QED) is 0.102. The van der Waals surface area contributed by atoms with Gasteiger partial charge < -0.3 is 33.2 Å². The summed E-state index contributed by atoms with van der Waals surface area (Å²) in [7, 11) is 1.59. The van der Waals surface area contributed by atoms with Crippen LogP contribution < -0.4 is 4.74 Å². The van der Waals surface area contributed by atoms with Gasteiger partial charge in [0.2, 0.25) is 0 Å². The number of methoxy groups -OCH3 is 1. The number of carbonyl (C=O) groups is 4. The third-order valence-electron chi connectivity index (χ3n) is 7.17. The highest BCUT2D eigenvalue weighted by Crippen LogP contribution is 2.35. The molecule has 5 atom stereocenters. The van der Waals surface area contributed by atoms with E-state index in [1.54, 1.807) is 67.8 Å². The second kappa shape index (κ2) is 18.2. The van der Waals surface area contributed by atoms with Gasteiger partial charge in [0.1, 0.15) is 35.8 Å². The molecule has 0 spiro atoms. The second-order valence-corrected chi connectivity index (χ2v) is 13.1. The van der Waals surface area contributed by atoms with Crippen molar-refractivity contribution in [2.75, 3.05) is 19.5 Å². The molecule has 3 aromatic rings. The third-order valence-corrected chi connectivity index (χ3v) is 9.05. The van der Waals surface area contributed by atoms with E-state index in [0.717, 1.165) is 9.13 Å². The molecule has 1 aliphatic rings. The number of carbonyl (C=O) groups excluding carboxylic acids is 4. The number of hydrogen-bond acceptors (Lipinski definition) is 11. The summed E-state index contributed by atoms with van der Waals surface area (Å²) in [5.74, 6) is -0.746. The molecule has 0 N–H and O–H groups in total. The number of ether oxygens (including phenoxy) is 6. The molecule has 0 amide bonds. The molecule has 1 heterocycles. The fourth-order valence-electron chi connectivity index (χ4n) is 4.83. The van der Waals surface area contributed by atoms with Crippen molar-refractivity contribution in [2.24, 2.45) is 0 Å². The third kappa shape index (κ3) is 10.5. The second-order valence-electron chi connectivity index (χ2n) is 10.6. The lowest BCUT2D eigenvalue weighted by Gasteiger charge is -2.45. The highest BCUT2D eigenvalue weighted by molar-refractivity contribution is 14.1. The molecule has 10 nitrogen and oxygen atoms in total. The molecule has 0 bridgehead atoms. The van der Waals surface area contributed by atoms with Crippen LogP contribution in [0.1, 0.15) is 53.0 Å². The van der Waals surface area contributed by atoms with Crippen LogP contribution in [0.25, 0.3) is 0 Å². The molecule has 1 saturated heterocycles. The Hall–Kier alpha value is -3.46. The number of hydrogen-bond donors (Lipinski definition) is 0. The van der Waals surface area contributed by atoms with Crippen molar-refractivity contribution in [1.29, 1.82) is 0 Å². The maximum absolute atomic E-state index is 13.4. The molecule has 1 aliphatic heterocycles. The van der Waals surface area contributed by atoms with Crippen molar-refractivity contribution in [3.8, 4) is 5.75 Å². The summed E-state index contributed by atoms with van der Waals surface area (Å²) in [6.07, 6.45) is -4.42. The summed E-state index contributed by atoms with van der Waals surface area (Å²) >= 11 is 3.54. The van der Waals surface area contributed by atoms with Gasteiger partial charge >= 0.3 is 17.9 Å². The van der Waals surface area contributed by atoms with E-state index < -0.39 is 47.8 Å². The van der Waals surface area contributed by atoms with E-state index in [2.05, 4.69) is 22.6 Å². The van der Waals surface area contributed by atoms with E-state index in [0.29, 0.717) is 22.6 Å². The molecule has 47 heavy (non-hydrogen) atoms.